The van der Waals surface area contributed by atoms with E-state index in [1.165, 1.54) is 82.4 Å². The van der Waals surface area contributed by atoms with Crippen molar-refractivity contribution in [2.45, 2.75) is 6.92 Å². The minimum absolute atomic E-state index is 1.18. The summed E-state index contributed by atoms with van der Waals surface area (Å²) in [5.41, 5.74) is 11.0. The van der Waals surface area contributed by atoms with Crippen molar-refractivity contribution in [2.24, 2.45) is 0 Å². The van der Waals surface area contributed by atoms with E-state index in [4.69, 9.17) is 0 Å². The molecule has 202 valence electrons. The Labute approximate surface area is 251 Å². The molecule has 0 aliphatic carbocycles. The van der Waals surface area contributed by atoms with E-state index >= 15 is 0 Å². The third-order valence-electron chi connectivity index (χ3n) is 8.65. The second kappa shape index (κ2) is 10.4. The van der Waals surface area contributed by atoms with Crippen molar-refractivity contribution in [2.75, 3.05) is 0 Å². The van der Waals surface area contributed by atoms with Gasteiger partial charge in [0.15, 0.2) is 0 Å². The summed E-state index contributed by atoms with van der Waals surface area (Å²) in [6, 6.07) is 53.2. The lowest BCUT2D eigenvalue weighted by molar-refractivity contribution is 1.27. The van der Waals surface area contributed by atoms with Crippen LogP contribution in [-0.2, 0) is 0 Å². The standard InChI is InChI=1S/C42H29N/c1-28-27-43-23-22-36(28)33-14-8-12-31(24-33)32-13-9-15-34(26-32)41-37-16-4-6-18-39(37)42(40-19-7-5-17-38(40)41)35-21-20-29-10-2-3-11-30(29)25-35/h2-27H,1H3. The Morgan fingerprint density at radius 2 is 0.907 bits per heavy atom. The molecular formula is C42H29N. The maximum atomic E-state index is 4.28. The Bertz CT molecular complexity index is 2250. The highest BCUT2D eigenvalue weighted by molar-refractivity contribution is 6.21. The van der Waals surface area contributed by atoms with Crippen molar-refractivity contribution in [3.05, 3.63) is 164 Å². The summed E-state index contributed by atoms with van der Waals surface area (Å²) in [4.78, 5) is 4.28. The van der Waals surface area contributed by atoms with Crippen molar-refractivity contribution < 1.29 is 0 Å². The molecule has 0 N–H and O–H groups in total. The van der Waals surface area contributed by atoms with Gasteiger partial charge >= 0.3 is 0 Å². The summed E-state index contributed by atoms with van der Waals surface area (Å²) >= 11 is 0. The Hall–Kier alpha value is -5.53. The number of aryl methyl sites for hydroxylation is 1. The first-order valence-electron chi connectivity index (χ1n) is 14.8. The summed E-state index contributed by atoms with van der Waals surface area (Å²) in [6.45, 7) is 2.12. The van der Waals surface area contributed by atoms with Crippen molar-refractivity contribution in [1.29, 1.82) is 0 Å². The summed E-state index contributed by atoms with van der Waals surface area (Å²) in [5, 5.41) is 7.59. The molecule has 0 spiro atoms. The molecule has 1 heteroatoms. The van der Waals surface area contributed by atoms with Gasteiger partial charge in [0.2, 0.25) is 0 Å². The fraction of sp³-hybridized carbons (Fsp3) is 0.0238. The number of nitrogens with zero attached hydrogens (tertiary/aromatic N) is 1. The van der Waals surface area contributed by atoms with E-state index in [0.717, 1.165) is 0 Å². The molecular weight excluding hydrogens is 518 g/mol. The number of hydrogen-bond acceptors (Lipinski definition) is 1. The lowest BCUT2D eigenvalue weighted by atomic mass is 9.85. The van der Waals surface area contributed by atoms with Gasteiger partial charge in [-0.1, -0.05) is 121 Å². The maximum absolute atomic E-state index is 4.28. The zero-order valence-corrected chi connectivity index (χ0v) is 24.0. The molecule has 1 heterocycles. The number of fused-ring (bicyclic) bond motifs is 3. The molecule has 0 aliphatic rings. The predicted octanol–water partition coefficient (Wildman–Crippen LogP) is 11.5. The van der Waals surface area contributed by atoms with E-state index in [0.29, 0.717) is 0 Å². The Balaban J connectivity index is 1.34. The van der Waals surface area contributed by atoms with Crippen LogP contribution in [-0.4, -0.2) is 4.98 Å². The van der Waals surface area contributed by atoms with Crippen LogP contribution in [0.5, 0.6) is 0 Å². The molecule has 7 aromatic carbocycles. The van der Waals surface area contributed by atoms with Gasteiger partial charge in [-0.25, -0.2) is 0 Å². The Morgan fingerprint density at radius 3 is 1.53 bits per heavy atom. The van der Waals surface area contributed by atoms with Gasteiger partial charge in [-0.2, -0.15) is 0 Å². The van der Waals surface area contributed by atoms with Gasteiger partial charge in [0.05, 0.1) is 0 Å². The fourth-order valence-electron chi connectivity index (χ4n) is 6.61. The molecule has 0 radical (unpaired) electrons. The van der Waals surface area contributed by atoms with Crippen LogP contribution in [0.25, 0.3) is 76.8 Å². The molecule has 1 nitrogen and oxygen atoms in total. The summed E-state index contributed by atoms with van der Waals surface area (Å²) in [6.07, 6.45) is 3.80. The topological polar surface area (TPSA) is 12.9 Å². The molecule has 0 unspecified atom stereocenters. The largest absolute Gasteiger partial charge is 0.264 e. The highest BCUT2D eigenvalue weighted by Gasteiger charge is 2.17. The number of benzene rings is 7. The normalized spacial score (nSPS) is 11.4. The molecule has 0 amide bonds. The van der Waals surface area contributed by atoms with Crippen molar-refractivity contribution in [3.8, 4) is 44.5 Å². The average molecular weight is 548 g/mol. The average Bonchev–Trinajstić information content (AvgIpc) is 3.07. The summed E-state index contributed by atoms with van der Waals surface area (Å²) < 4.78 is 0. The SMILES string of the molecule is Cc1cnccc1-c1cccc(-c2cccc(-c3c4ccccc4c(-c4ccc5ccccc5c4)c4ccccc34)c2)c1. The molecule has 0 saturated carbocycles. The first-order chi connectivity index (χ1) is 21.2. The quantitative estimate of drug-likeness (QED) is 0.200. The van der Waals surface area contributed by atoms with E-state index in [9.17, 15) is 0 Å². The lowest BCUT2D eigenvalue weighted by Gasteiger charge is -2.18. The van der Waals surface area contributed by atoms with Crippen LogP contribution in [0.1, 0.15) is 5.56 Å². The zero-order valence-electron chi connectivity index (χ0n) is 24.0. The van der Waals surface area contributed by atoms with Gasteiger partial charge in [0, 0.05) is 12.4 Å². The molecule has 0 fully saturated rings. The van der Waals surface area contributed by atoms with Crippen LogP contribution in [0.15, 0.2) is 158 Å². The monoisotopic (exact) mass is 547 g/mol. The number of pyridine rings is 1. The first-order valence-corrected chi connectivity index (χ1v) is 14.8. The predicted molar refractivity (Wildman–Crippen MR) is 183 cm³/mol. The fourth-order valence-corrected chi connectivity index (χ4v) is 6.61. The van der Waals surface area contributed by atoms with E-state index in [1.807, 2.05) is 12.4 Å². The zero-order chi connectivity index (χ0) is 28.8. The first kappa shape index (κ1) is 25.2. The van der Waals surface area contributed by atoms with Crippen molar-refractivity contribution in [3.63, 3.8) is 0 Å². The van der Waals surface area contributed by atoms with Crippen LogP contribution in [0.3, 0.4) is 0 Å². The highest BCUT2D eigenvalue weighted by Crippen LogP contribution is 2.44. The van der Waals surface area contributed by atoms with Gasteiger partial charge in [-0.15, -0.1) is 0 Å². The van der Waals surface area contributed by atoms with Crippen LogP contribution in [0.2, 0.25) is 0 Å². The molecule has 0 atom stereocenters. The molecule has 8 rings (SSSR count). The van der Waals surface area contributed by atoms with Gasteiger partial charge in [-0.3, -0.25) is 4.98 Å². The molecule has 1 aromatic heterocycles. The van der Waals surface area contributed by atoms with E-state index in [-0.39, 0.29) is 0 Å². The number of hydrogen-bond donors (Lipinski definition) is 0. The smallest absolute Gasteiger partial charge is 0.0303 e. The second-order valence-electron chi connectivity index (χ2n) is 11.3. The highest BCUT2D eigenvalue weighted by atomic mass is 14.6. The summed E-state index contributed by atoms with van der Waals surface area (Å²) in [7, 11) is 0. The van der Waals surface area contributed by atoms with E-state index in [2.05, 4.69) is 158 Å². The second-order valence-corrected chi connectivity index (χ2v) is 11.3. The molecule has 0 bridgehead atoms. The third-order valence-corrected chi connectivity index (χ3v) is 8.65. The van der Waals surface area contributed by atoms with Gasteiger partial charge in [-0.05, 0) is 114 Å². The van der Waals surface area contributed by atoms with Gasteiger partial charge < -0.3 is 0 Å². The minimum Gasteiger partial charge on any atom is -0.264 e. The summed E-state index contributed by atoms with van der Waals surface area (Å²) in [5.74, 6) is 0. The Kier molecular flexibility index (Phi) is 6.09. The minimum atomic E-state index is 1.18. The number of rotatable bonds is 4. The lowest BCUT2D eigenvalue weighted by Crippen LogP contribution is -1.91. The molecule has 43 heavy (non-hydrogen) atoms. The van der Waals surface area contributed by atoms with E-state index < -0.39 is 0 Å². The van der Waals surface area contributed by atoms with Gasteiger partial charge in [0.25, 0.3) is 0 Å². The third kappa shape index (κ3) is 4.38. The van der Waals surface area contributed by atoms with Crippen LogP contribution >= 0.6 is 0 Å². The Morgan fingerprint density at radius 1 is 0.395 bits per heavy atom. The van der Waals surface area contributed by atoms with Crippen LogP contribution in [0.4, 0.5) is 0 Å². The molecule has 0 saturated heterocycles. The van der Waals surface area contributed by atoms with Crippen molar-refractivity contribution in [1.82, 2.24) is 4.98 Å². The maximum Gasteiger partial charge on any atom is 0.0303 e. The van der Waals surface area contributed by atoms with Crippen LogP contribution in [0, 0.1) is 6.92 Å². The number of aromatic nitrogens is 1. The van der Waals surface area contributed by atoms with Crippen molar-refractivity contribution >= 4 is 32.3 Å². The van der Waals surface area contributed by atoms with E-state index in [1.54, 1.807) is 0 Å². The molecule has 0 aliphatic heterocycles. The van der Waals surface area contributed by atoms with Gasteiger partial charge in [0.1, 0.15) is 0 Å². The van der Waals surface area contributed by atoms with Crippen LogP contribution < -0.4 is 0 Å². The molecule has 8 aromatic rings.